The minimum absolute atomic E-state index is 0.402. The number of ether oxygens (including phenoxy) is 1. The van der Waals surface area contributed by atoms with Gasteiger partial charge in [-0.1, -0.05) is 36.4 Å². The Bertz CT molecular complexity index is 863. The van der Waals surface area contributed by atoms with Gasteiger partial charge in [-0.05, 0) is 35.4 Å². The summed E-state index contributed by atoms with van der Waals surface area (Å²) in [4.78, 5) is 12.9. The van der Waals surface area contributed by atoms with Gasteiger partial charge in [0.25, 0.3) is 0 Å². The third kappa shape index (κ3) is 3.47. The molecule has 0 saturated carbocycles. The Hall–Kier alpha value is -2.90. The van der Waals surface area contributed by atoms with E-state index in [4.69, 9.17) is 10.00 Å². The molecule has 4 heteroatoms. The molecule has 0 unspecified atom stereocenters. The van der Waals surface area contributed by atoms with Crippen molar-refractivity contribution in [3.8, 4) is 22.3 Å². The zero-order valence-electron chi connectivity index (χ0n) is 12.2. The van der Waals surface area contributed by atoms with Crippen molar-refractivity contribution in [2.75, 3.05) is 0 Å². The van der Waals surface area contributed by atoms with Crippen LogP contribution in [0.4, 0.5) is 0 Å². The van der Waals surface area contributed by atoms with Crippen molar-refractivity contribution >= 4 is 17.6 Å². The molecule has 0 N–H and O–H groups in total. The Morgan fingerprint density at radius 3 is 2.61 bits per heavy atom. The van der Waals surface area contributed by atoms with Crippen LogP contribution in [-0.2, 0) is 6.61 Å². The Morgan fingerprint density at radius 2 is 1.91 bits per heavy atom. The summed E-state index contributed by atoms with van der Waals surface area (Å²) in [5, 5.41) is 8.93. The maximum Gasteiger partial charge on any atom is 0.153 e. The number of benzene rings is 2. The molecule has 23 heavy (non-hydrogen) atoms. The molecular weight excluding hydrogens is 306 g/mol. The molecule has 3 nitrogen and oxygen atoms in total. The number of hydrogen-bond acceptors (Lipinski definition) is 4. The summed E-state index contributed by atoms with van der Waals surface area (Å²) in [6, 6.07) is 21.1. The third-order valence-electron chi connectivity index (χ3n) is 3.38. The van der Waals surface area contributed by atoms with E-state index in [1.807, 2.05) is 48.5 Å². The molecule has 2 aromatic carbocycles. The van der Waals surface area contributed by atoms with Crippen molar-refractivity contribution in [2.24, 2.45) is 0 Å². The second-order valence-corrected chi connectivity index (χ2v) is 6.00. The summed E-state index contributed by atoms with van der Waals surface area (Å²) in [6.07, 6.45) is 0.791. The zero-order valence-corrected chi connectivity index (χ0v) is 13.0. The van der Waals surface area contributed by atoms with Crippen LogP contribution >= 0.6 is 11.3 Å². The quantitative estimate of drug-likeness (QED) is 0.642. The highest BCUT2D eigenvalue weighted by Crippen LogP contribution is 2.32. The molecule has 0 radical (unpaired) electrons. The predicted octanol–water partition coefficient (Wildman–Crippen LogP) is 4.68. The van der Waals surface area contributed by atoms with Gasteiger partial charge >= 0.3 is 0 Å². The highest BCUT2D eigenvalue weighted by Gasteiger charge is 2.09. The number of rotatable bonds is 5. The highest BCUT2D eigenvalue weighted by atomic mass is 32.1. The van der Waals surface area contributed by atoms with E-state index in [1.54, 1.807) is 12.1 Å². The SMILES string of the molecule is N#Cc1ccc(-c2ccc(C=O)c(OCc3ccccc3)c2)s1. The third-order valence-corrected chi connectivity index (χ3v) is 4.42. The molecule has 0 aliphatic rings. The molecule has 0 aliphatic heterocycles. The van der Waals surface area contributed by atoms with E-state index in [2.05, 4.69) is 6.07 Å². The molecule has 0 spiro atoms. The fourth-order valence-corrected chi connectivity index (χ4v) is 3.00. The van der Waals surface area contributed by atoms with Gasteiger partial charge in [-0.2, -0.15) is 5.26 Å². The molecule has 3 aromatic rings. The van der Waals surface area contributed by atoms with E-state index >= 15 is 0 Å². The number of nitrogens with zero attached hydrogens (tertiary/aromatic N) is 1. The molecule has 0 bridgehead atoms. The van der Waals surface area contributed by atoms with Gasteiger partial charge in [0.05, 0.1) is 5.56 Å². The summed E-state index contributed by atoms with van der Waals surface area (Å²) in [5.41, 5.74) is 2.49. The van der Waals surface area contributed by atoms with Gasteiger partial charge < -0.3 is 4.74 Å². The van der Waals surface area contributed by atoms with Crippen LogP contribution in [0.15, 0.2) is 60.7 Å². The fourth-order valence-electron chi connectivity index (χ4n) is 2.20. The number of hydrogen-bond donors (Lipinski definition) is 0. The molecule has 0 fully saturated rings. The number of aldehydes is 1. The van der Waals surface area contributed by atoms with Crippen molar-refractivity contribution < 1.29 is 9.53 Å². The first-order valence-electron chi connectivity index (χ1n) is 7.06. The van der Waals surface area contributed by atoms with E-state index in [1.165, 1.54) is 11.3 Å². The highest BCUT2D eigenvalue weighted by molar-refractivity contribution is 7.16. The maximum atomic E-state index is 11.2. The lowest BCUT2D eigenvalue weighted by atomic mass is 10.1. The van der Waals surface area contributed by atoms with Crippen molar-refractivity contribution in [3.05, 3.63) is 76.7 Å². The van der Waals surface area contributed by atoms with Crippen LogP contribution in [0.2, 0.25) is 0 Å². The fraction of sp³-hybridized carbons (Fsp3) is 0.0526. The minimum atomic E-state index is 0.402. The Labute approximate surface area is 138 Å². The Morgan fingerprint density at radius 1 is 1.09 bits per heavy atom. The van der Waals surface area contributed by atoms with Gasteiger partial charge in [-0.3, -0.25) is 4.79 Å². The first-order chi connectivity index (χ1) is 11.3. The molecular formula is C19H13NO2S. The first-order valence-corrected chi connectivity index (χ1v) is 7.88. The van der Waals surface area contributed by atoms with Crippen LogP contribution in [0, 0.1) is 11.3 Å². The average molecular weight is 319 g/mol. The molecule has 3 rings (SSSR count). The minimum Gasteiger partial charge on any atom is -0.488 e. The summed E-state index contributed by atoms with van der Waals surface area (Å²) in [7, 11) is 0. The Kier molecular flexibility index (Phi) is 4.51. The number of carbonyl (C=O) groups excluding carboxylic acids is 1. The topological polar surface area (TPSA) is 50.1 Å². The van der Waals surface area contributed by atoms with Crippen LogP contribution in [0.25, 0.3) is 10.4 Å². The largest absolute Gasteiger partial charge is 0.488 e. The number of nitriles is 1. The maximum absolute atomic E-state index is 11.2. The van der Waals surface area contributed by atoms with Crippen LogP contribution in [0.5, 0.6) is 5.75 Å². The van der Waals surface area contributed by atoms with Crippen molar-refractivity contribution in [2.45, 2.75) is 6.61 Å². The summed E-state index contributed by atoms with van der Waals surface area (Å²) in [6.45, 7) is 0.402. The van der Waals surface area contributed by atoms with Gasteiger partial charge in [-0.25, -0.2) is 0 Å². The Balaban J connectivity index is 1.87. The van der Waals surface area contributed by atoms with E-state index in [-0.39, 0.29) is 0 Å². The van der Waals surface area contributed by atoms with Gasteiger partial charge in [-0.15, -0.1) is 11.3 Å². The van der Waals surface area contributed by atoms with E-state index in [9.17, 15) is 4.79 Å². The normalized spacial score (nSPS) is 10.0. The summed E-state index contributed by atoms with van der Waals surface area (Å²) >= 11 is 1.42. The monoisotopic (exact) mass is 319 g/mol. The smallest absolute Gasteiger partial charge is 0.153 e. The molecule has 0 aliphatic carbocycles. The molecule has 1 heterocycles. The molecule has 0 amide bonds. The standard InChI is InChI=1S/C19H13NO2S/c20-11-17-8-9-19(23-17)15-6-7-16(12-21)18(10-15)22-13-14-4-2-1-3-5-14/h1-10,12H,13H2. The van der Waals surface area contributed by atoms with Crippen molar-refractivity contribution in [1.29, 1.82) is 5.26 Å². The van der Waals surface area contributed by atoms with Crippen molar-refractivity contribution in [1.82, 2.24) is 0 Å². The second-order valence-electron chi connectivity index (χ2n) is 4.92. The van der Waals surface area contributed by atoms with Crippen LogP contribution in [0.3, 0.4) is 0 Å². The van der Waals surface area contributed by atoms with E-state index in [0.717, 1.165) is 22.3 Å². The van der Waals surface area contributed by atoms with Crippen LogP contribution in [-0.4, -0.2) is 6.29 Å². The molecule has 0 saturated heterocycles. The van der Waals surface area contributed by atoms with Gasteiger partial charge in [0.1, 0.15) is 23.3 Å². The summed E-state index contributed by atoms with van der Waals surface area (Å²) < 4.78 is 5.82. The lowest BCUT2D eigenvalue weighted by Crippen LogP contribution is -1.98. The molecule has 112 valence electrons. The van der Waals surface area contributed by atoms with E-state index in [0.29, 0.717) is 22.8 Å². The van der Waals surface area contributed by atoms with Crippen molar-refractivity contribution in [3.63, 3.8) is 0 Å². The lowest BCUT2D eigenvalue weighted by molar-refractivity contribution is 0.111. The lowest BCUT2D eigenvalue weighted by Gasteiger charge is -2.10. The zero-order chi connectivity index (χ0) is 16.1. The molecule has 0 atom stereocenters. The van der Waals surface area contributed by atoms with Gasteiger partial charge in [0.15, 0.2) is 6.29 Å². The second kappa shape index (κ2) is 6.91. The number of carbonyl (C=O) groups is 1. The number of thiophene rings is 1. The van der Waals surface area contributed by atoms with Gasteiger partial charge in [0, 0.05) is 4.88 Å². The molecule has 1 aromatic heterocycles. The predicted molar refractivity (Wildman–Crippen MR) is 90.6 cm³/mol. The van der Waals surface area contributed by atoms with Crippen LogP contribution in [0.1, 0.15) is 20.8 Å². The van der Waals surface area contributed by atoms with E-state index < -0.39 is 0 Å². The summed E-state index contributed by atoms with van der Waals surface area (Å²) in [5.74, 6) is 0.549. The first kappa shape index (κ1) is 15.0. The van der Waals surface area contributed by atoms with Crippen LogP contribution < -0.4 is 4.74 Å². The average Bonchev–Trinajstić information content (AvgIpc) is 3.10. The van der Waals surface area contributed by atoms with Gasteiger partial charge in [0.2, 0.25) is 0 Å².